The van der Waals surface area contributed by atoms with Crippen molar-refractivity contribution in [2.45, 2.75) is 12.6 Å². The van der Waals surface area contributed by atoms with Crippen LogP contribution in [-0.2, 0) is 6.54 Å². The molecule has 0 aliphatic carbocycles. The van der Waals surface area contributed by atoms with Gasteiger partial charge in [-0.3, -0.25) is 9.88 Å². The normalized spacial score (nSPS) is 19.1. The molecule has 1 aromatic carbocycles. The molecular weight excluding hydrogens is 260 g/mol. The van der Waals surface area contributed by atoms with E-state index in [1.807, 2.05) is 42.7 Å². The molecule has 1 saturated heterocycles. The molecule has 1 aromatic heterocycles. The van der Waals surface area contributed by atoms with E-state index in [-0.39, 0.29) is 0 Å². The van der Waals surface area contributed by atoms with E-state index in [0.717, 1.165) is 26.2 Å². The van der Waals surface area contributed by atoms with Crippen molar-refractivity contribution in [1.82, 2.24) is 15.2 Å². The van der Waals surface area contributed by atoms with Gasteiger partial charge in [-0.05, 0) is 29.3 Å². The van der Waals surface area contributed by atoms with Crippen molar-refractivity contribution in [3.8, 4) is 6.07 Å². The highest BCUT2D eigenvalue weighted by molar-refractivity contribution is 5.31. The number of nitriles is 1. The molecule has 1 N–H and O–H groups in total. The monoisotopic (exact) mass is 278 g/mol. The van der Waals surface area contributed by atoms with Gasteiger partial charge in [0.25, 0.3) is 0 Å². The fourth-order valence-electron chi connectivity index (χ4n) is 2.76. The van der Waals surface area contributed by atoms with Crippen molar-refractivity contribution in [2.24, 2.45) is 0 Å². The van der Waals surface area contributed by atoms with Crippen molar-refractivity contribution >= 4 is 0 Å². The molecule has 1 aliphatic rings. The third-order valence-corrected chi connectivity index (χ3v) is 3.89. The second-order valence-electron chi connectivity index (χ2n) is 5.29. The summed E-state index contributed by atoms with van der Waals surface area (Å²) in [5.74, 6) is 0. The van der Waals surface area contributed by atoms with Gasteiger partial charge in [-0.2, -0.15) is 5.26 Å². The van der Waals surface area contributed by atoms with Gasteiger partial charge in [-0.1, -0.05) is 18.2 Å². The van der Waals surface area contributed by atoms with Crippen LogP contribution < -0.4 is 5.32 Å². The maximum Gasteiger partial charge on any atom is 0.0991 e. The minimum atomic E-state index is 0.350. The number of hydrogen-bond donors (Lipinski definition) is 1. The Kier molecular flexibility index (Phi) is 4.25. The lowest BCUT2D eigenvalue weighted by Crippen LogP contribution is -2.45. The van der Waals surface area contributed by atoms with Gasteiger partial charge in [0.15, 0.2) is 0 Å². The summed E-state index contributed by atoms with van der Waals surface area (Å²) in [6.45, 7) is 3.86. The number of nitrogens with one attached hydrogen (secondary N) is 1. The molecule has 4 nitrogen and oxygen atoms in total. The molecule has 1 atom stereocenters. The zero-order chi connectivity index (χ0) is 14.5. The van der Waals surface area contributed by atoms with Crippen LogP contribution in [0.25, 0.3) is 0 Å². The first kappa shape index (κ1) is 13.7. The van der Waals surface area contributed by atoms with Gasteiger partial charge in [-0.15, -0.1) is 0 Å². The van der Waals surface area contributed by atoms with Crippen molar-refractivity contribution < 1.29 is 0 Å². The van der Waals surface area contributed by atoms with Crippen LogP contribution in [0.3, 0.4) is 0 Å². The second kappa shape index (κ2) is 6.49. The summed E-state index contributed by atoms with van der Waals surface area (Å²) in [6.07, 6.45) is 3.76. The average Bonchev–Trinajstić information content (AvgIpc) is 2.57. The average molecular weight is 278 g/mol. The molecule has 0 radical (unpaired) electrons. The molecule has 3 rings (SSSR count). The number of aromatic nitrogens is 1. The third-order valence-electron chi connectivity index (χ3n) is 3.89. The summed E-state index contributed by atoms with van der Waals surface area (Å²) in [6, 6.07) is 14.5. The van der Waals surface area contributed by atoms with Crippen LogP contribution in [0.4, 0.5) is 0 Å². The molecule has 21 heavy (non-hydrogen) atoms. The summed E-state index contributed by atoms with van der Waals surface area (Å²) in [5, 5.41) is 12.3. The zero-order valence-corrected chi connectivity index (χ0v) is 11.9. The number of hydrogen-bond acceptors (Lipinski definition) is 4. The molecule has 1 unspecified atom stereocenters. The van der Waals surface area contributed by atoms with E-state index in [9.17, 15) is 0 Å². The highest BCUT2D eigenvalue weighted by Crippen LogP contribution is 2.23. The summed E-state index contributed by atoms with van der Waals surface area (Å²) < 4.78 is 0. The van der Waals surface area contributed by atoms with E-state index in [4.69, 9.17) is 5.26 Å². The smallest absolute Gasteiger partial charge is 0.0991 e. The Hall–Kier alpha value is -2.22. The molecule has 1 aliphatic heterocycles. The van der Waals surface area contributed by atoms with Crippen molar-refractivity contribution in [3.63, 3.8) is 0 Å². The summed E-state index contributed by atoms with van der Waals surface area (Å²) >= 11 is 0. The van der Waals surface area contributed by atoms with Gasteiger partial charge in [0.05, 0.1) is 11.6 Å². The number of rotatable bonds is 3. The topological polar surface area (TPSA) is 52.0 Å². The fraction of sp³-hybridized carbons (Fsp3) is 0.294. The molecule has 2 heterocycles. The Morgan fingerprint density at radius 1 is 1.29 bits per heavy atom. The first-order valence-corrected chi connectivity index (χ1v) is 7.20. The molecule has 2 aromatic rings. The second-order valence-corrected chi connectivity index (χ2v) is 5.29. The molecule has 106 valence electrons. The van der Waals surface area contributed by atoms with E-state index >= 15 is 0 Å². The van der Waals surface area contributed by atoms with Gasteiger partial charge in [-0.25, -0.2) is 0 Å². The molecule has 1 fully saturated rings. The van der Waals surface area contributed by atoms with Gasteiger partial charge >= 0.3 is 0 Å². The van der Waals surface area contributed by atoms with Crippen LogP contribution in [0.5, 0.6) is 0 Å². The predicted octanol–water partition coefficient (Wildman–Crippen LogP) is 2.10. The quantitative estimate of drug-likeness (QED) is 0.934. The van der Waals surface area contributed by atoms with Crippen molar-refractivity contribution in [1.29, 1.82) is 5.26 Å². The number of nitrogens with zero attached hydrogens (tertiary/aromatic N) is 3. The molecule has 0 saturated carbocycles. The Bertz CT molecular complexity index is 615. The van der Waals surface area contributed by atoms with Gasteiger partial charge in [0.1, 0.15) is 0 Å². The standard InChI is InChI=1S/C17H18N4/c18-10-14-3-5-15(6-4-14)13-21-9-8-20-12-17(21)16-2-1-7-19-11-16/h1-7,11,17,20H,8-9,12-13H2. The SMILES string of the molecule is N#Cc1ccc(CN2CCNCC2c2cccnc2)cc1. The lowest BCUT2D eigenvalue weighted by molar-refractivity contribution is 0.153. The number of benzene rings is 1. The summed E-state index contributed by atoms with van der Waals surface area (Å²) in [7, 11) is 0. The fourth-order valence-corrected chi connectivity index (χ4v) is 2.76. The van der Waals surface area contributed by atoms with Crippen LogP contribution in [0.2, 0.25) is 0 Å². The highest BCUT2D eigenvalue weighted by atomic mass is 15.2. The highest BCUT2D eigenvalue weighted by Gasteiger charge is 2.23. The first-order chi connectivity index (χ1) is 10.4. The Morgan fingerprint density at radius 2 is 2.14 bits per heavy atom. The largest absolute Gasteiger partial charge is 0.314 e. The van der Waals surface area contributed by atoms with E-state index in [2.05, 4.69) is 27.3 Å². The molecular formula is C17H18N4. The van der Waals surface area contributed by atoms with Crippen molar-refractivity contribution in [2.75, 3.05) is 19.6 Å². The Morgan fingerprint density at radius 3 is 2.86 bits per heavy atom. The lowest BCUT2D eigenvalue weighted by atomic mass is 10.0. The number of piperazine rings is 1. The molecule has 0 amide bonds. The van der Waals surface area contributed by atoms with Crippen LogP contribution in [0.1, 0.15) is 22.7 Å². The minimum Gasteiger partial charge on any atom is -0.314 e. The maximum atomic E-state index is 8.87. The molecule has 4 heteroatoms. The van der Waals surface area contributed by atoms with Gasteiger partial charge in [0.2, 0.25) is 0 Å². The van der Waals surface area contributed by atoms with E-state index < -0.39 is 0 Å². The maximum absolute atomic E-state index is 8.87. The van der Waals surface area contributed by atoms with Crippen LogP contribution in [0, 0.1) is 11.3 Å². The van der Waals surface area contributed by atoms with E-state index in [1.165, 1.54) is 11.1 Å². The minimum absolute atomic E-state index is 0.350. The van der Waals surface area contributed by atoms with Crippen LogP contribution in [-0.4, -0.2) is 29.5 Å². The van der Waals surface area contributed by atoms with Gasteiger partial charge < -0.3 is 5.32 Å². The lowest BCUT2D eigenvalue weighted by Gasteiger charge is -2.36. The van der Waals surface area contributed by atoms with Crippen LogP contribution in [0.15, 0.2) is 48.8 Å². The Labute approximate surface area is 125 Å². The van der Waals surface area contributed by atoms with E-state index in [1.54, 1.807) is 0 Å². The van der Waals surface area contributed by atoms with Crippen molar-refractivity contribution in [3.05, 3.63) is 65.5 Å². The Balaban J connectivity index is 1.76. The summed E-state index contributed by atoms with van der Waals surface area (Å²) in [5.41, 5.74) is 3.20. The predicted molar refractivity (Wildman–Crippen MR) is 81.4 cm³/mol. The summed E-state index contributed by atoms with van der Waals surface area (Å²) in [4.78, 5) is 6.70. The zero-order valence-electron chi connectivity index (χ0n) is 11.9. The first-order valence-electron chi connectivity index (χ1n) is 7.20. The molecule has 0 bridgehead atoms. The van der Waals surface area contributed by atoms with Crippen LogP contribution >= 0.6 is 0 Å². The molecule has 0 spiro atoms. The number of pyridine rings is 1. The van der Waals surface area contributed by atoms with Gasteiger partial charge in [0, 0.05) is 44.6 Å². The third kappa shape index (κ3) is 3.27. The van der Waals surface area contributed by atoms with E-state index in [0.29, 0.717) is 11.6 Å².